The van der Waals surface area contributed by atoms with E-state index in [1.54, 1.807) is 6.92 Å². The van der Waals surface area contributed by atoms with Crippen molar-refractivity contribution in [2.45, 2.75) is 6.92 Å². The Bertz CT molecular complexity index is 457. The Balaban J connectivity index is 2.26. The van der Waals surface area contributed by atoms with E-state index in [1.807, 2.05) is 65.7 Å². The Morgan fingerprint density at radius 3 is 1.78 bits per heavy atom. The number of benzene rings is 2. The smallest absolute Gasteiger partial charge is 0.145 e. The van der Waals surface area contributed by atoms with E-state index in [0.717, 1.165) is 11.4 Å². The number of para-hydroxylation sites is 2. The fourth-order valence-corrected chi connectivity index (χ4v) is 1.68. The van der Waals surface area contributed by atoms with Crippen molar-refractivity contribution in [3.8, 4) is 0 Å². The summed E-state index contributed by atoms with van der Waals surface area (Å²) in [6.07, 6.45) is 0. The van der Waals surface area contributed by atoms with Crippen LogP contribution in [-0.4, -0.2) is 12.3 Å². The van der Waals surface area contributed by atoms with Gasteiger partial charge in [0.05, 0.1) is 17.9 Å². The molecule has 18 heavy (non-hydrogen) atoms. The molecule has 0 heterocycles. The molecule has 0 bridgehead atoms. The molecular formula is C15H16N2O. The number of anilines is 2. The Hall–Kier alpha value is -2.13. The molecule has 0 aliphatic rings. The van der Waals surface area contributed by atoms with Gasteiger partial charge in [-0.25, -0.2) is 5.43 Å². The molecule has 0 aliphatic carbocycles. The van der Waals surface area contributed by atoms with Gasteiger partial charge in [0.25, 0.3) is 0 Å². The normalized spacial score (nSPS) is 10.1. The second kappa shape index (κ2) is 5.98. The number of ketones is 1. The molecule has 0 spiro atoms. The number of rotatable bonds is 5. The fourth-order valence-electron chi connectivity index (χ4n) is 1.68. The number of hydrogen-bond donors (Lipinski definition) is 1. The number of carbonyl (C=O) groups is 1. The lowest BCUT2D eigenvalue weighted by molar-refractivity contribution is -0.116. The molecule has 0 saturated heterocycles. The number of nitrogens with one attached hydrogen (secondary N) is 1. The van der Waals surface area contributed by atoms with Gasteiger partial charge >= 0.3 is 0 Å². The van der Waals surface area contributed by atoms with Gasteiger partial charge in [-0.05, 0) is 31.2 Å². The predicted molar refractivity (Wildman–Crippen MR) is 73.7 cm³/mol. The molecule has 0 radical (unpaired) electrons. The number of hydrogen-bond acceptors (Lipinski definition) is 3. The number of carbonyl (C=O) groups excluding carboxylic acids is 1. The first-order chi connectivity index (χ1) is 8.77. The minimum Gasteiger partial charge on any atom is -0.299 e. The molecule has 0 aliphatic heterocycles. The van der Waals surface area contributed by atoms with Crippen molar-refractivity contribution < 1.29 is 4.79 Å². The van der Waals surface area contributed by atoms with E-state index in [9.17, 15) is 4.79 Å². The zero-order valence-corrected chi connectivity index (χ0v) is 10.3. The zero-order chi connectivity index (χ0) is 12.8. The lowest BCUT2D eigenvalue weighted by Gasteiger charge is -2.25. The summed E-state index contributed by atoms with van der Waals surface area (Å²) in [6.45, 7) is 1.88. The summed E-state index contributed by atoms with van der Waals surface area (Å²) < 4.78 is 0. The van der Waals surface area contributed by atoms with Crippen molar-refractivity contribution in [2.24, 2.45) is 0 Å². The lowest BCUT2D eigenvalue weighted by Crippen LogP contribution is -2.37. The van der Waals surface area contributed by atoms with E-state index in [4.69, 9.17) is 0 Å². The van der Waals surface area contributed by atoms with E-state index in [0.29, 0.717) is 6.54 Å². The summed E-state index contributed by atoms with van der Waals surface area (Å²) in [5.41, 5.74) is 5.14. The van der Waals surface area contributed by atoms with Gasteiger partial charge in [-0.2, -0.15) is 0 Å². The largest absolute Gasteiger partial charge is 0.299 e. The van der Waals surface area contributed by atoms with Crippen LogP contribution in [0.4, 0.5) is 11.4 Å². The third kappa shape index (κ3) is 3.18. The molecule has 0 saturated carbocycles. The molecule has 2 aromatic rings. The Kier molecular flexibility index (Phi) is 4.10. The zero-order valence-electron chi connectivity index (χ0n) is 10.3. The number of nitrogens with zero attached hydrogens (tertiary/aromatic N) is 1. The van der Waals surface area contributed by atoms with Crippen molar-refractivity contribution in [1.82, 2.24) is 5.43 Å². The maximum atomic E-state index is 11.1. The van der Waals surface area contributed by atoms with Gasteiger partial charge in [0.15, 0.2) is 0 Å². The molecule has 1 N–H and O–H groups in total. The first-order valence-electron chi connectivity index (χ1n) is 5.90. The van der Waals surface area contributed by atoms with Crippen molar-refractivity contribution in [2.75, 3.05) is 11.6 Å². The van der Waals surface area contributed by atoms with Gasteiger partial charge in [0.2, 0.25) is 0 Å². The second-order valence-corrected chi connectivity index (χ2v) is 4.04. The van der Waals surface area contributed by atoms with Crippen molar-refractivity contribution in [1.29, 1.82) is 0 Å². The molecule has 0 fully saturated rings. The molecule has 0 amide bonds. The van der Waals surface area contributed by atoms with Crippen molar-refractivity contribution in [3.05, 3.63) is 60.7 Å². The van der Waals surface area contributed by atoms with Crippen LogP contribution in [0.1, 0.15) is 6.92 Å². The summed E-state index contributed by atoms with van der Waals surface area (Å²) in [6, 6.07) is 19.8. The molecule has 2 aromatic carbocycles. The van der Waals surface area contributed by atoms with Gasteiger partial charge in [0, 0.05) is 0 Å². The summed E-state index contributed by atoms with van der Waals surface area (Å²) >= 11 is 0. The van der Waals surface area contributed by atoms with Gasteiger partial charge in [-0.3, -0.25) is 9.80 Å². The maximum Gasteiger partial charge on any atom is 0.145 e. The number of hydrazine groups is 1. The van der Waals surface area contributed by atoms with E-state index in [2.05, 4.69) is 5.43 Å². The first kappa shape index (κ1) is 12.3. The standard InChI is InChI=1S/C15H16N2O/c1-13(18)12-16-17(14-8-4-2-5-9-14)15-10-6-3-7-11-15/h2-11,16H,12H2,1H3. The van der Waals surface area contributed by atoms with Crippen LogP contribution >= 0.6 is 0 Å². The summed E-state index contributed by atoms with van der Waals surface area (Å²) in [5, 5.41) is 1.92. The van der Waals surface area contributed by atoms with Crippen molar-refractivity contribution >= 4 is 17.2 Å². The van der Waals surface area contributed by atoms with Crippen LogP contribution in [0.15, 0.2) is 60.7 Å². The highest BCUT2D eigenvalue weighted by molar-refractivity contribution is 5.78. The maximum absolute atomic E-state index is 11.1. The molecule has 0 unspecified atom stereocenters. The number of Topliss-reactive ketones (excluding diaryl/α,β-unsaturated/α-hetero) is 1. The highest BCUT2D eigenvalue weighted by Crippen LogP contribution is 2.22. The van der Waals surface area contributed by atoms with Gasteiger partial charge in [-0.1, -0.05) is 36.4 Å². The summed E-state index contributed by atoms with van der Waals surface area (Å²) in [7, 11) is 0. The molecule has 2 rings (SSSR count). The predicted octanol–water partition coefficient (Wildman–Crippen LogP) is 2.92. The van der Waals surface area contributed by atoms with Gasteiger partial charge in [0.1, 0.15) is 5.78 Å². The van der Waals surface area contributed by atoms with Gasteiger partial charge in [-0.15, -0.1) is 0 Å². The molecular weight excluding hydrogens is 224 g/mol. The van der Waals surface area contributed by atoms with Gasteiger partial charge < -0.3 is 0 Å². The van der Waals surface area contributed by atoms with Crippen LogP contribution in [0.5, 0.6) is 0 Å². The Morgan fingerprint density at radius 1 is 0.944 bits per heavy atom. The first-order valence-corrected chi connectivity index (χ1v) is 5.90. The minimum absolute atomic E-state index is 0.104. The molecule has 3 nitrogen and oxygen atoms in total. The third-order valence-corrected chi connectivity index (χ3v) is 2.51. The van der Waals surface area contributed by atoms with Crippen molar-refractivity contribution in [3.63, 3.8) is 0 Å². The summed E-state index contributed by atoms with van der Waals surface area (Å²) in [4.78, 5) is 11.1. The minimum atomic E-state index is 0.104. The molecule has 0 atom stereocenters. The van der Waals surface area contributed by atoms with Crippen LogP contribution in [-0.2, 0) is 4.79 Å². The fraction of sp³-hybridized carbons (Fsp3) is 0.133. The third-order valence-electron chi connectivity index (χ3n) is 2.51. The second-order valence-electron chi connectivity index (χ2n) is 4.04. The average Bonchev–Trinajstić information content (AvgIpc) is 2.41. The van der Waals surface area contributed by atoms with Crippen LogP contribution < -0.4 is 10.4 Å². The van der Waals surface area contributed by atoms with Crippen LogP contribution in [0.3, 0.4) is 0 Å². The Labute approximate surface area is 107 Å². The highest BCUT2D eigenvalue weighted by atomic mass is 16.1. The van der Waals surface area contributed by atoms with E-state index < -0.39 is 0 Å². The Morgan fingerprint density at radius 2 is 1.39 bits per heavy atom. The lowest BCUT2D eigenvalue weighted by atomic mass is 10.2. The van der Waals surface area contributed by atoms with Crippen LogP contribution in [0.25, 0.3) is 0 Å². The van der Waals surface area contributed by atoms with E-state index >= 15 is 0 Å². The molecule has 3 heteroatoms. The highest BCUT2D eigenvalue weighted by Gasteiger charge is 2.08. The molecule has 0 aromatic heterocycles. The molecule has 92 valence electrons. The van der Waals surface area contributed by atoms with E-state index in [1.165, 1.54) is 0 Å². The monoisotopic (exact) mass is 240 g/mol. The van der Waals surface area contributed by atoms with Crippen LogP contribution in [0, 0.1) is 0 Å². The average molecular weight is 240 g/mol. The summed E-state index contributed by atoms with van der Waals surface area (Å²) in [5.74, 6) is 0.104. The van der Waals surface area contributed by atoms with E-state index in [-0.39, 0.29) is 5.78 Å². The topological polar surface area (TPSA) is 32.3 Å². The SMILES string of the molecule is CC(=O)CNN(c1ccccc1)c1ccccc1. The quantitative estimate of drug-likeness (QED) is 0.815. The van der Waals surface area contributed by atoms with Crippen LogP contribution in [0.2, 0.25) is 0 Å².